The maximum absolute atomic E-state index is 13.5. The van der Waals surface area contributed by atoms with Crippen LogP contribution in [0.15, 0.2) is 54.9 Å². The van der Waals surface area contributed by atoms with Gasteiger partial charge in [-0.25, -0.2) is 9.37 Å². The van der Waals surface area contributed by atoms with Crippen LogP contribution in [0.4, 0.5) is 10.1 Å². The summed E-state index contributed by atoms with van der Waals surface area (Å²) in [4.78, 5) is 8.77. The standard InChI is InChI=1S/C21H15ClFN7O/c1-31-13-9-18-21(26-10-13)17(6-7-24-18)25-11-20-28-27-19-5-4-16(29-30(19)20)12-2-3-15(23)14(22)8-12/h2-10H,11H2,1H3,(H,24,25). The molecule has 154 valence electrons. The molecule has 0 saturated heterocycles. The first-order chi connectivity index (χ1) is 15.1. The smallest absolute Gasteiger partial charge is 0.178 e. The Bertz CT molecular complexity index is 1420. The van der Waals surface area contributed by atoms with E-state index in [9.17, 15) is 4.39 Å². The van der Waals surface area contributed by atoms with E-state index in [0.717, 1.165) is 5.69 Å². The molecule has 4 heterocycles. The maximum Gasteiger partial charge on any atom is 0.178 e. The third-order valence-electron chi connectivity index (χ3n) is 4.77. The SMILES string of the molecule is COc1cnc2c(NCc3nnc4ccc(-c5ccc(F)c(Cl)c5)nn34)ccnc2c1. The first kappa shape index (κ1) is 19.1. The van der Waals surface area contributed by atoms with Gasteiger partial charge in [0.25, 0.3) is 0 Å². The molecule has 0 aliphatic carbocycles. The Morgan fingerprint density at radius 3 is 2.84 bits per heavy atom. The van der Waals surface area contributed by atoms with Crippen LogP contribution in [-0.2, 0) is 6.54 Å². The first-order valence-electron chi connectivity index (χ1n) is 9.32. The van der Waals surface area contributed by atoms with Gasteiger partial charge in [-0.1, -0.05) is 11.6 Å². The molecule has 0 atom stereocenters. The van der Waals surface area contributed by atoms with E-state index in [0.29, 0.717) is 46.1 Å². The molecular formula is C21H15ClFN7O. The zero-order chi connectivity index (χ0) is 21.4. The van der Waals surface area contributed by atoms with Crippen molar-refractivity contribution in [3.63, 3.8) is 0 Å². The van der Waals surface area contributed by atoms with Crippen molar-refractivity contribution >= 4 is 34.0 Å². The Morgan fingerprint density at radius 1 is 1.10 bits per heavy atom. The van der Waals surface area contributed by atoms with Crippen molar-refractivity contribution in [1.82, 2.24) is 29.8 Å². The molecule has 1 aromatic carbocycles. The van der Waals surface area contributed by atoms with E-state index in [1.54, 1.807) is 42.2 Å². The summed E-state index contributed by atoms with van der Waals surface area (Å²) >= 11 is 5.91. The van der Waals surface area contributed by atoms with E-state index in [4.69, 9.17) is 16.3 Å². The van der Waals surface area contributed by atoms with E-state index in [1.165, 1.54) is 12.1 Å². The van der Waals surface area contributed by atoms with Gasteiger partial charge in [0.2, 0.25) is 0 Å². The topological polar surface area (TPSA) is 90.1 Å². The molecular weight excluding hydrogens is 421 g/mol. The molecule has 0 spiro atoms. The van der Waals surface area contributed by atoms with E-state index < -0.39 is 5.82 Å². The number of nitrogens with one attached hydrogen (secondary N) is 1. The minimum atomic E-state index is -0.475. The van der Waals surface area contributed by atoms with Crippen LogP contribution in [0.3, 0.4) is 0 Å². The highest BCUT2D eigenvalue weighted by Gasteiger charge is 2.11. The van der Waals surface area contributed by atoms with Gasteiger partial charge in [-0.15, -0.1) is 10.2 Å². The number of aromatic nitrogens is 6. The van der Waals surface area contributed by atoms with Crippen LogP contribution in [-0.4, -0.2) is 36.9 Å². The van der Waals surface area contributed by atoms with E-state index in [-0.39, 0.29) is 5.02 Å². The number of methoxy groups -OCH3 is 1. The minimum Gasteiger partial charge on any atom is -0.495 e. The van der Waals surface area contributed by atoms with Gasteiger partial charge in [-0.3, -0.25) is 4.98 Å². The van der Waals surface area contributed by atoms with E-state index in [1.807, 2.05) is 12.1 Å². The molecule has 0 aliphatic rings. The van der Waals surface area contributed by atoms with Crippen molar-refractivity contribution in [3.05, 3.63) is 71.5 Å². The van der Waals surface area contributed by atoms with Crippen LogP contribution in [0.25, 0.3) is 27.9 Å². The summed E-state index contributed by atoms with van der Waals surface area (Å²) in [6.45, 7) is 0.356. The lowest BCUT2D eigenvalue weighted by atomic mass is 10.1. The quantitative estimate of drug-likeness (QED) is 0.443. The zero-order valence-corrected chi connectivity index (χ0v) is 17.0. The average molecular weight is 436 g/mol. The molecule has 0 unspecified atom stereocenters. The van der Waals surface area contributed by atoms with Crippen molar-refractivity contribution in [1.29, 1.82) is 0 Å². The molecule has 0 aliphatic heterocycles. The highest BCUT2D eigenvalue weighted by atomic mass is 35.5. The lowest BCUT2D eigenvalue weighted by Gasteiger charge is -2.09. The molecule has 10 heteroatoms. The molecule has 31 heavy (non-hydrogen) atoms. The number of hydrogen-bond donors (Lipinski definition) is 1. The van der Waals surface area contributed by atoms with Gasteiger partial charge < -0.3 is 10.1 Å². The second-order valence-corrected chi connectivity index (χ2v) is 7.10. The Hall–Kier alpha value is -3.85. The molecule has 5 aromatic rings. The maximum atomic E-state index is 13.5. The van der Waals surface area contributed by atoms with Crippen LogP contribution < -0.4 is 10.1 Å². The number of ether oxygens (including phenoxy) is 1. The normalized spacial score (nSPS) is 11.2. The largest absolute Gasteiger partial charge is 0.495 e. The number of hydrogen-bond acceptors (Lipinski definition) is 7. The molecule has 0 radical (unpaired) electrons. The van der Waals surface area contributed by atoms with Gasteiger partial charge in [0.1, 0.15) is 17.1 Å². The van der Waals surface area contributed by atoms with Gasteiger partial charge in [-0.2, -0.15) is 9.61 Å². The molecule has 4 aromatic heterocycles. The monoisotopic (exact) mass is 435 g/mol. The predicted octanol–water partition coefficient (Wildman–Crippen LogP) is 4.15. The summed E-state index contributed by atoms with van der Waals surface area (Å²) < 4.78 is 20.3. The van der Waals surface area contributed by atoms with Crippen LogP contribution in [0.2, 0.25) is 5.02 Å². The van der Waals surface area contributed by atoms with Gasteiger partial charge in [0.05, 0.1) is 41.8 Å². The number of halogens is 2. The highest BCUT2D eigenvalue weighted by molar-refractivity contribution is 6.31. The van der Waals surface area contributed by atoms with Crippen LogP contribution in [0.5, 0.6) is 5.75 Å². The number of fused-ring (bicyclic) bond motifs is 2. The average Bonchev–Trinajstić information content (AvgIpc) is 3.21. The second kappa shape index (κ2) is 7.77. The summed E-state index contributed by atoms with van der Waals surface area (Å²) in [5.74, 6) is 0.762. The molecule has 1 N–H and O–H groups in total. The first-order valence-corrected chi connectivity index (χ1v) is 9.69. The summed E-state index contributed by atoms with van der Waals surface area (Å²) in [6, 6.07) is 11.7. The molecule has 5 rings (SSSR count). The number of nitrogens with zero attached hydrogens (tertiary/aromatic N) is 6. The van der Waals surface area contributed by atoms with Crippen LogP contribution in [0, 0.1) is 5.82 Å². The lowest BCUT2D eigenvalue weighted by molar-refractivity contribution is 0.413. The highest BCUT2D eigenvalue weighted by Crippen LogP contribution is 2.25. The Labute approximate surface area is 180 Å². The Balaban J connectivity index is 1.46. The third-order valence-corrected chi connectivity index (χ3v) is 5.06. The summed E-state index contributed by atoms with van der Waals surface area (Å²) in [6.07, 6.45) is 3.34. The summed E-state index contributed by atoms with van der Waals surface area (Å²) in [7, 11) is 1.59. The van der Waals surface area contributed by atoms with Crippen molar-refractivity contribution in [2.24, 2.45) is 0 Å². The second-order valence-electron chi connectivity index (χ2n) is 6.69. The van der Waals surface area contributed by atoms with E-state index in [2.05, 4.69) is 30.6 Å². The summed E-state index contributed by atoms with van der Waals surface area (Å²) in [5.41, 5.74) is 4.13. The van der Waals surface area contributed by atoms with Crippen molar-refractivity contribution < 1.29 is 9.13 Å². The molecule has 0 amide bonds. The van der Waals surface area contributed by atoms with Crippen molar-refractivity contribution in [3.8, 4) is 17.0 Å². The fourth-order valence-corrected chi connectivity index (χ4v) is 3.37. The number of anilines is 1. The third kappa shape index (κ3) is 3.59. The fraction of sp³-hybridized carbons (Fsp3) is 0.0952. The van der Waals surface area contributed by atoms with E-state index >= 15 is 0 Å². The number of pyridine rings is 2. The van der Waals surface area contributed by atoms with Crippen molar-refractivity contribution in [2.45, 2.75) is 6.54 Å². The van der Waals surface area contributed by atoms with Crippen LogP contribution >= 0.6 is 11.6 Å². The number of rotatable bonds is 5. The predicted molar refractivity (Wildman–Crippen MR) is 115 cm³/mol. The minimum absolute atomic E-state index is 0.0405. The Morgan fingerprint density at radius 2 is 2.00 bits per heavy atom. The summed E-state index contributed by atoms with van der Waals surface area (Å²) in [5, 5.41) is 16.4. The molecule has 0 bridgehead atoms. The van der Waals surface area contributed by atoms with Crippen LogP contribution in [0.1, 0.15) is 5.82 Å². The van der Waals surface area contributed by atoms with Gasteiger partial charge in [0, 0.05) is 17.8 Å². The lowest BCUT2D eigenvalue weighted by Crippen LogP contribution is -2.07. The Kier molecular flexibility index (Phi) is 4.79. The van der Waals surface area contributed by atoms with Gasteiger partial charge >= 0.3 is 0 Å². The van der Waals surface area contributed by atoms with Gasteiger partial charge in [-0.05, 0) is 36.4 Å². The number of benzene rings is 1. The van der Waals surface area contributed by atoms with Gasteiger partial charge in [0.15, 0.2) is 11.5 Å². The molecule has 8 nitrogen and oxygen atoms in total. The fourth-order valence-electron chi connectivity index (χ4n) is 3.19. The van der Waals surface area contributed by atoms with Crippen molar-refractivity contribution in [2.75, 3.05) is 12.4 Å². The molecule has 0 saturated carbocycles. The zero-order valence-electron chi connectivity index (χ0n) is 16.3. The molecule has 0 fully saturated rings.